The number of rotatable bonds is 17. The van der Waals surface area contributed by atoms with E-state index < -0.39 is 18.2 Å². The van der Waals surface area contributed by atoms with E-state index in [0.717, 1.165) is 0 Å². The van der Waals surface area contributed by atoms with Crippen LogP contribution in [0.25, 0.3) is 0 Å². The van der Waals surface area contributed by atoms with Crippen LogP contribution in [-0.4, -0.2) is 45.8 Å². The van der Waals surface area contributed by atoms with Crippen LogP contribution in [0.15, 0.2) is 0 Å². The van der Waals surface area contributed by atoms with E-state index in [2.05, 4.69) is 0 Å². The minimum Gasteiger partial charge on any atom is -0.481 e. The van der Waals surface area contributed by atoms with Gasteiger partial charge in [-0.1, -0.05) is 0 Å². The summed E-state index contributed by atoms with van der Waals surface area (Å²) in [6.45, 7) is 1.39. The van der Waals surface area contributed by atoms with Crippen molar-refractivity contribution in [1.82, 2.24) is 0 Å². The van der Waals surface area contributed by atoms with Crippen LogP contribution >= 0.6 is 0 Å². The third-order valence-corrected chi connectivity index (χ3v) is 3.84. The fraction of sp³-hybridized carbons (Fsp3) is 0.632. The lowest BCUT2D eigenvalue weighted by atomic mass is 10.0. The summed E-state index contributed by atoms with van der Waals surface area (Å²) in [6, 6.07) is 0. The molecule has 0 aliphatic rings. The zero-order valence-electron chi connectivity index (χ0n) is 15.6. The molecule has 0 atom stereocenters. The van der Waals surface area contributed by atoms with Gasteiger partial charge >= 0.3 is 5.97 Å². The van der Waals surface area contributed by atoms with Crippen molar-refractivity contribution >= 4 is 40.7 Å². The quantitative estimate of drug-likeness (QED) is 0.376. The molecule has 27 heavy (non-hydrogen) atoms. The Balaban J connectivity index is 3.86. The van der Waals surface area contributed by atoms with Crippen LogP contribution in [-0.2, 0) is 33.6 Å². The van der Waals surface area contributed by atoms with Crippen LogP contribution in [0.1, 0.15) is 77.6 Å². The van der Waals surface area contributed by atoms with Crippen molar-refractivity contribution in [1.29, 1.82) is 0 Å². The number of hydrogen-bond acceptors (Lipinski definition) is 7. The molecule has 0 fully saturated rings. The molecular formula is C19H26O8. The lowest BCUT2D eigenvalue weighted by Gasteiger charge is -2.02. The highest BCUT2D eigenvalue weighted by atomic mass is 16.4. The van der Waals surface area contributed by atoms with Gasteiger partial charge in [-0.25, -0.2) is 0 Å². The van der Waals surface area contributed by atoms with E-state index in [4.69, 9.17) is 5.11 Å². The van der Waals surface area contributed by atoms with E-state index in [0.29, 0.717) is 0 Å². The summed E-state index contributed by atoms with van der Waals surface area (Å²) in [6.07, 6.45) is -0.566. The van der Waals surface area contributed by atoms with Gasteiger partial charge in [0.2, 0.25) is 0 Å². The maximum atomic E-state index is 11.7. The Bertz CT molecular complexity index is 603. The van der Waals surface area contributed by atoms with Gasteiger partial charge in [-0.15, -0.1) is 0 Å². The van der Waals surface area contributed by atoms with Gasteiger partial charge in [-0.3, -0.25) is 28.8 Å². The minimum absolute atomic E-state index is 0.00408. The molecule has 0 saturated heterocycles. The number of carbonyl (C=O) groups is 7. The van der Waals surface area contributed by atoms with Crippen molar-refractivity contribution in [3.8, 4) is 0 Å². The first-order chi connectivity index (χ1) is 12.6. The smallest absolute Gasteiger partial charge is 0.310 e. The highest BCUT2D eigenvalue weighted by Crippen LogP contribution is 2.07. The molecule has 0 aromatic carbocycles. The van der Waals surface area contributed by atoms with Crippen LogP contribution in [0.5, 0.6) is 0 Å². The zero-order valence-corrected chi connectivity index (χ0v) is 15.6. The van der Waals surface area contributed by atoms with Gasteiger partial charge in [0.05, 0.1) is 0 Å². The van der Waals surface area contributed by atoms with Gasteiger partial charge in [-0.2, -0.15) is 0 Å². The molecule has 0 bridgehead atoms. The highest BCUT2D eigenvalue weighted by Gasteiger charge is 2.14. The van der Waals surface area contributed by atoms with E-state index in [1.165, 1.54) is 6.92 Å². The predicted octanol–water partition coefficient (Wildman–Crippen LogP) is 1.80. The van der Waals surface area contributed by atoms with Gasteiger partial charge in [0.25, 0.3) is 0 Å². The van der Waals surface area contributed by atoms with E-state index in [-0.39, 0.29) is 93.1 Å². The number of ketones is 6. The number of carboxylic acid groups (broad SMARTS) is 1. The van der Waals surface area contributed by atoms with Gasteiger partial charge in [0.1, 0.15) is 41.1 Å². The molecule has 0 aromatic heterocycles. The van der Waals surface area contributed by atoms with E-state index in [1.807, 2.05) is 0 Å². The Morgan fingerprint density at radius 2 is 0.741 bits per heavy atom. The summed E-state index contributed by atoms with van der Waals surface area (Å²) in [5, 5.41) is 8.44. The van der Waals surface area contributed by atoms with E-state index in [1.54, 1.807) is 0 Å². The summed E-state index contributed by atoms with van der Waals surface area (Å²) in [5.74, 6) is -2.79. The first-order valence-corrected chi connectivity index (χ1v) is 8.90. The van der Waals surface area contributed by atoms with E-state index >= 15 is 0 Å². The van der Waals surface area contributed by atoms with Crippen LogP contribution in [0.2, 0.25) is 0 Å². The van der Waals surface area contributed by atoms with Gasteiger partial charge in [0, 0.05) is 64.2 Å². The monoisotopic (exact) mass is 382 g/mol. The zero-order chi connectivity index (χ0) is 20.8. The topological polar surface area (TPSA) is 140 Å². The molecule has 0 amide bonds. The number of carboxylic acids is 1. The third kappa shape index (κ3) is 15.5. The van der Waals surface area contributed by atoms with Gasteiger partial charge in [-0.05, 0) is 6.92 Å². The summed E-state index contributed by atoms with van der Waals surface area (Å²) in [7, 11) is 0. The van der Waals surface area contributed by atoms with Crippen LogP contribution in [0.4, 0.5) is 0 Å². The maximum Gasteiger partial charge on any atom is 0.310 e. The van der Waals surface area contributed by atoms with Crippen molar-refractivity contribution < 1.29 is 38.7 Å². The van der Waals surface area contributed by atoms with Crippen molar-refractivity contribution in [3.05, 3.63) is 0 Å². The molecule has 0 aromatic rings. The normalized spacial score (nSPS) is 10.3. The first kappa shape index (κ1) is 24.5. The third-order valence-electron chi connectivity index (χ3n) is 3.84. The molecule has 0 rings (SSSR count). The second-order valence-corrected chi connectivity index (χ2v) is 6.47. The van der Waals surface area contributed by atoms with Crippen molar-refractivity contribution in [2.45, 2.75) is 77.6 Å². The fourth-order valence-corrected chi connectivity index (χ4v) is 2.19. The highest BCUT2D eigenvalue weighted by molar-refractivity contribution is 5.97. The molecule has 1 N–H and O–H groups in total. The number of aliphatic carboxylic acids is 1. The van der Waals surface area contributed by atoms with Crippen LogP contribution in [0, 0.1) is 0 Å². The Hall–Kier alpha value is -2.51. The molecule has 150 valence electrons. The Labute approximate surface area is 157 Å². The number of carbonyl (C=O) groups excluding carboxylic acids is 6. The molecule has 0 spiro atoms. The Morgan fingerprint density at radius 1 is 0.481 bits per heavy atom. The molecule has 8 nitrogen and oxygen atoms in total. The largest absolute Gasteiger partial charge is 0.481 e. The molecule has 0 saturated carbocycles. The Morgan fingerprint density at radius 3 is 1.00 bits per heavy atom. The lowest BCUT2D eigenvalue weighted by molar-refractivity contribution is -0.140. The molecule has 0 unspecified atom stereocenters. The second-order valence-electron chi connectivity index (χ2n) is 6.47. The molecule has 0 aliphatic heterocycles. The lowest BCUT2D eigenvalue weighted by Crippen LogP contribution is -2.11. The molecule has 0 heterocycles. The second kappa shape index (κ2) is 13.7. The molecular weight excluding hydrogens is 356 g/mol. The molecule has 0 radical (unpaired) electrons. The summed E-state index contributed by atoms with van der Waals surface area (Å²) >= 11 is 0. The number of hydrogen-bond donors (Lipinski definition) is 1. The summed E-state index contributed by atoms with van der Waals surface area (Å²) < 4.78 is 0. The SMILES string of the molecule is CC(=O)CCC(=O)CCC(=O)CCC(=O)CCC(=O)CCC(=O)CC(=O)O. The van der Waals surface area contributed by atoms with Crippen molar-refractivity contribution in [3.63, 3.8) is 0 Å². The minimum atomic E-state index is -1.24. The van der Waals surface area contributed by atoms with Gasteiger partial charge in [0.15, 0.2) is 0 Å². The van der Waals surface area contributed by atoms with Crippen molar-refractivity contribution in [2.75, 3.05) is 0 Å². The number of Topliss-reactive ketones (excluding diaryl/α,β-unsaturated/α-hetero) is 6. The summed E-state index contributed by atoms with van der Waals surface area (Å²) in [5.41, 5.74) is 0. The average molecular weight is 382 g/mol. The summed E-state index contributed by atoms with van der Waals surface area (Å²) in [4.78, 5) is 78.7. The molecule has 8 heteroatoms. The van der Waals surface area contributed by atoms with Crippen molar-refractivity contribution in [2.24, 2.45) is 0 Å². The van der Waals surface area contributed by atoms with Gasteiger partial charge < -0.3 is 9.90 Å². The first-order valence-electron chi connectivity index (χ1n) is 8.90. The van der Waals surface area contributed by atoms with Crippen LogP contribution < -0.4 is 0 Å². The van der Waals surface area contributed by atoms with Crippen LogP contribution in [0.3, 0.4) is 0 Å². The molecule has 0 aliphatic carbocycles. The maximum absolute atomic E-state index is 11.7. The van der Waals surface area contributed by atoms with E-state index in [9.17, 15) is 33.6 Å². The average Bonchev–Trinajstić information content (AvgIpc) is 2.58. The predicted molar refractivity (Wildman–Crippen MR) is 94.1 cm³/mol. The standard InChI is InChI=1S/C19H26O8/c1-13(20)2-3-14(21)4-5-15(22)6-7-16(23)8-9-17(24)10-11-18(25)12-19(26)27/h2-12H2,1H3,(H,26,27). The fourth-order valence-electron chi connectivity index (χ4n) is 2.19. The Kier molecular flexibility index (Phi) is 12.4.